The Morgan fingerprint density at radius 1 is 1.15 bits per heavy atom. The number of imide groups is 1. The van der Waals surface area contributed by atoms with Gasteiger partial charge in [-0.1, -0.05) is 0 Å². The quantitative estimate of drug-likeness (QED) is 0.596. The molecule has 3 N–H and O–H groups in total. The highest BCUT2D eigenvalue weighted by Crippen LogP contribution is 2.03. The van der Waals surface area contributed by atoms with Crippen molar-refractivity contribution in [3.8, 4) is 0 Å². The number of urea groups is 1. The highest BCUT2D eigenvalue weighted by Gasteiger charge is 2.17. The van der Waals surface area contributed by atoms with Crippen molar-refractivity contribution in [2.24, 2.45) is 0 Å². The highest BCUT2D eigenvalue weighted by molar-refractivity contribution is 7.90. The summed E-state index contributed by atoms with van der Waals surface area (Å²) in [5, 5.41) is 12.9. The third-order valence-electron chi connectivity index (χ3n) is 2.38. The number of carbonyl (C=O) groups is 3. The third-order valence-corrected chi connectivity index (χ3v) is 3.49. The van der Waals surface area contributed by atoms with E-state index in [0.29, 0.717) is 0 Å². The molecule has 0 aliphatic carbocycles. The zero-order valence-corrected chi connectivity index (χ0v) is 12.5. The molecule has 0 spiro atoms. The number of nitrogens with one attached hydrogen (secondary N) is 2. The van der Waals surface area contributed by atoms with Crippen molar-refractivity contribution in [2.45, 2.75) is 26.8 Å². The second kappa shape index (κ2) is 7.04. The lowest BCUT2D eigenvalue weighted by Crippen LogP contribution is -2.46. The molecule has 0 aliphatic rings. The second-order valence-corrected chi connectivity index (χ2v) is 6.66. The Bertz CT molecular complexity index is 549. The van der Waals surface area contributed by atoms with Gasteiger partial charge in [-0.25, -0.2) is 18.0 Å². The number of carboxylic acids is 1. The van der Waals surface area contributed by atoms with Gasteiger partial charge < -0.3 is 10.4 Å². The molecule has 114 valence electrons. The van der Waals surface area contributed by atoms with Crippen LogP contribution in [0, 0.1) is 0 Å². The van der Waals surface area contributed by atoms with E-state index in [0.717, 1.165) is 6.26 Å². The fourth-order valence-corrected chi connectivity index (χ4v) is 2.27. The maximum atomic E-state index is 11.6. The molecule has 3 amide bonds. The molecule has 0 aromatic heterocycles. The van der Waals surface area contributed by atoms with Gasteiger partial charge >= 0.3 is 12.0 Å². The SMILES string of the molecule is CC(C(=O)O)=C(C)C(=O)NC(=O)NC(C)CS(C)(=O)=O. The Labute approximate surface area is 117 Å². The monoisotopic (exact) mass is 306 g/mol. The highest BCUT2D eigenvalue weighted by atomic mass is 32.2. The van der Waals surface area contributed by atoms with E-state index in [9.17, 15) is 22.8 Å². The van der Waals surface area contributed by atoms with Crippen LogP contribution in [0.5, 0.6) is 0 Å². The van der Waals surface area contributed by atoms with Crippen molar-refractivity contribution in [1.82, 2.24) is 10.6 Å². The average molecular weight is 306 g/mol. The van der Waals surface area contributed by atoms with Gasteiger partial charge in [0, 0.05) is 23.4 Å². The molecular weight excluding hydrogens is 288 g/mol. The molecule has 0 rings (SSSR count). The van der Waals surface area contributed by atoms with E-state index < -0.39 is 33.8 Å². The van der Waals surface area contributed by atoms with E-state index in [1.54, 1.807) is 0 Å². The predicted octanol–water partition coefficient (Wildman–Crippen LogP) is -0.334. The van der Waals surface area contributed by atoms with Crippen molar-refractivity contribution in [3.63, 3.8) is 0 Å². The molecule has 8 nitrogen and oxygen atoms in total. The van der Waals surface area contributed by atoms with Crippen LogP contribution in [0.4, 0.5) is 4.79 Å². The Kier molecular flexibility index (Phi) is 6.37. The number of rotatable bonds is 5. The lowest BCUT2D eigenvalue weighted by Gasteiger charge is -2.13. The predicted molar refractivity (Wildman–Crippen MR) is 71.9 cm³/mol. The summed E-state index contributed by atoms with van der Waals surface area (Å²) < 4.78 is 22.0. The van der Waals surface area contributed by atoms with E-state index in [-0.39, 0.29) is 16.9 Å². The summed E-state index contributed by atoms with van der Waals surface area (Å²) in [5.74, 6) is -2.38. The molecule has 0 radical (unpaired) electrons. The van der Waals surface area contributed by atoms with Gasteiger partial charge in [0.1, 0.15) is 9.84 Å². The largest absolute Gasteiger partial charge is 0.478 e. The number of aliphatic carboxylic acids is 1. The minimum atomic E-state index is -3.25. The molecular formula is C11H18N2O6S. The number of carboxylic acid groups (broad SMARTS) is 1. The molecule has 0 bridgehead atoms. The lowest BCUT2D eigenvalue weighted by molar-refractivity contribution is -0.133. The zero-order chi connectivity index (χ0) is 16.1. The summed E-state index contributed by atoms with van der Waals surface area (Å²) in [7, 11) is -3.25. The first kappa shape index (κ1) is 18.1. The van der Waals surface area contributed by atoms with Crippen LogP contribution in [0.15, 0.2) is 11.1 Å². The van der Waals surface area contributed by atoms with Crippen LogP contribution in [-0.2, 0) is 19.4 Å². The van der Waals surface area contributed by atoms with Crippen molar-refractivity contribution in [3.05, 3.63) is 11.1 Å². The molecule has 0 saturated heterocycles. The number of carbonyl (C=O) groups excluding carboxylic acids is 2. The van der Waals surface area contributed by atoms with E-state index in [2.05, 4.69) is 5.32 Å². The molecule has 0 fully saturated rings. The summed E-state index contributed by atoms with van der Waals surface area (Å²) in [6, 6.07) is -1.56. The normalized spacial score (nSPS) is 14.0. The average Bonchev–Trinajstić information content (AvgIpc) is 2.23. The van der Waals surface area contributed by atoms with Gasteiger partial charge in [-0.15, -0.1) is 0 Å². The molecule has 20 heavy (non-hydrogen) atoms. The molecule has 0 aromatic rings. The molecule has 1 atom stereocenters. The molecule has 0 aromatic carbocycles. The van der Waals surface area contributed by atoms with E-state index in [1.165, 1.54) is 20.8 Å². The summed E-state index contributed by atoms with van der Waals surface area (Å²) >= 11 is 0. The fraction of sp³-hybridized carbons (Fsp3) is 0.545. The van der Waals surface area contributed by atoms with Crippen LogP contribution in [-0.4, -0.2) is 49.5 Å². The lowest BCUT2D eigenvalue weighted by atomic mass is 10.1. The first-order valence-electron chi connectivity index (χ1n) is 5.64. The molecule has 0 heterocycles. The Balaban J connectivity index is 4.60. The number of amides is 3. The van der Waals surface area contributed by atoms with Gasteiger partial charge in [0.05, 0.1) is 5.75 Å². The first-order chi connectivity index (χ1) is 8.94. The topological polar surface area (TPSA) is 130 Å². The minimum absolute atomic E-state index is 0.108. The van der Waals surface area contributed by atoms with Crippen LogP contribution in [0.1, 0.15) is 20.8 Å². The van der Waals surface area contributed by atoms with Crippen LogP contribution < -0.4 is 10.6 Å². The summed E-state index contributed by atoms with van der Waals surface area (Å²) in [4.78, 5) is 33.7. The summed E-state index contributed by atoms with van der Waals surface area (Å²) in [5.41, 5.74) is -0.289. The molecule has 9 heteroatoms. The first-order valence-corrected chi connectivity index (χ1v) is 7.70. The van der Waals surface area contributed by atoms with Crippen molar-refractivity contribution < 1.29 is 27.9 Å². The fourth-order valence-electron chi connectivity index (χ4n) is 1.28. The third kappa shape index (κ3) is 6.88. The van der Waals surface area contributed by atoms with Crippen LogP contribution in [0.3, 0.4) is 0 Å². The minimum Gasteiger partial charge on any atom is -0.478 e. The van der Waals surface area contributed by atoms with Gasteiger partial charge in [-0.3, -0.25) is 10.1 Å². The second-order valence-electron chi connectivity index (χ2n) is 4.48. The van der Waals surface area contributed by atoms with E-state index in [4.69, 9.17) is 5.11 Å². The summed E-state index contributed by atoms with van der Waals surface area (Å²) in [6.45, 7) is 3.98. The van der Waals surface area contributed by atoms with Crippen molar-refractivity contribution in [2.75, 3.05) is 12.0 Å². The van der Waals surface area contributed by atoms with Crippen LogP contribution in [0.2, 0.25) is 0 Å². The molecule has 0 saturated carbocycles. The summed E-state index contributed by atoms with van der Waals surface area (Å²) in [6.07, 6.45) is 1.03. The Morgan fingerprint density at radius 2 is 1.65 bits per heavy atom. The Hall–Kier alpha value is -1.90. The smallest absolute Gasteiger partial charge is 0.331 e. The number of hydrogen-bond acceptors (Lipinski definition) is 5. The van der Waals surface area contributed by atoms with Crippen LogP contribution >= 0.6 is 0 Å². The maximum Gasteiger partial charge on any atom is 0.331 e. The van der Waals surface area contributed by atoms with Crippen molar-refractivity contribution in [1.29, 1.82) is 0 Å². The van der Waals surface area contributed by atoms with Gasteiger partial charge in [-0.2, -0.15) is 0 Å². The van der Waals surface area contributed by atoms with Gasteiger partial charge in [0.25, 0.3) is 5.91 Å². The van der Waals surface area contributed by atoms with Crippen LogP contribution in [0.25, 0.3) is 0 Å². The maximum absolute atomic E-state index is 11.6. The van der Waals surface area contributed by atoms with E-state index in [1.807, 2.05) is 5.32 Å². The van der Waals surface area contributed by atoms with Gasteiger partial charge in [-0.05, 0) is 20.8 Å². The Morgan fingerprint density at radius 3 is 2.05 bits per heavy atom. The number of hydrogen-bond donors (Lipinski definition) is 3. The van der Waals surface area contributed by atoms with E-state index >= 15 is 0 Å². The standard InChI is InChI=1S/C11H18N2O6S/c1-6(5-20(4,18)19)12-11(17)13-9(14)7(2)8(3)10(15)16/h6H,5H2,1-4H3,(H,15,16)(H2,12,13,14,17). The molecule has 0 aliphatic heterocycles. The molecule has 1 unspecified atom stereocenters. The van der Waals surface area contributed by atoms with Gasteiger partial charge in [0.15, 0.2) is 0 Å². The van der Waals surface area contributed by atoms with Crippen molar-refractivity contribution >= 4 is 27.7 Å². The zero-order valence-electron chi connectivity index (χ0n) is 11.7. The van der Waals surface area contributed by atoms with Gasteiger partial charge in [0.2, 0.25) is 0 Å². The number of sulfone groups is 1.